The Morgan fingerprint density at radius 2 is 2.19 bits per heavy atom. The van der Waals surface area contributed by atoms with Gasteiger partial charge < -0.3 is 15.4 Å². The number of carbonyl (C=O) groups is 1. The lowest BCUT2D eigenvalue weighted by molar-refractivity contribution is -0.118. The molecule has 1 aromatic carbocycles. The Hall–Kier alpha value is -1.48. The number of hydrogen-bond donors (Lipinski definition) is 3. The molecule has 2 atom stereocenters. The van der Waals surface area contributed by atoms with Crippen LogP contribution >= 0.6 is 0 Å². The van der Waals surface area contributed by atoms with E-state index in [-0.39, 0.29) is 22.9 Å². The molecule has 1 aromatic rings. The minimum atomic E-state index is -3.81. The molecular weight excluding hydrogens is 294 g/mol. The lowest BCUT2D eigenvalue weighted by Crippen LogP contribution is -2.35. The summed E-state index contributed by atoms with van der Waals surface area (Å²) in [5.41, 5.74) is 0.936. The zero-order valence-corrected chi connectivity index (χ0v) is 12.7. The second-order valence-electron chi connectivity index (χ2n) is 5.07. The first-order valence-corrected chi connectivity index (χ1v) is 8.06. The van der Waals surface area contributed by atoms with Crippen molar-refractivity contribution in [1.82, 2.24) is 5.32 Å². The van der Waals surface area contributed by atoms with Gasteiger partial charge >= 0.3 is 0 Å². The molecule has 7 nitrogen and oxygen atoms in total. The van der Waals surface area contributed by atoms with Gasteiger partial charge in [-0.2, -0.15) is 0 Å². The largest absolute Gasteiger partial charge is 0.380 e. The van der Waals surface area contributed by atoms with Gasteiger partial charge in [-0.1, -0.05) is 6.07 Å². The van der Waals surface area contributed by atoms with E-state index in [1.54, 1.807) is 26.2 Å². The molecule has 4 N–H and O–H groups in total. The van der Waals surface area contributed by atoms with Crippen LogP contribution in [0.5, 0.6) is 0 Å². The Morgan fingerprint density at radius 1 is 1.48 bits per heavy atom. The summed E-state index contributed by atoms with van der Waals surface area (Å²) in [5, 5.41) is 10.9. The topological polar surface area (TPSA) is 111 Å². The van der Waals surface area contributed by atoms with Crippen molar-refractivity contribution in [2.45, 2.75) is 30.4 Å². The molecule has 0 aromatic heterocycles. The quantitative estimate of drug-likeness (QED) is 0.722. The van der Waals surface area contributed by atoms with E-state index in [0.29, 0.717) is 24.2 Å². The number of ether oxygens (including phenoxy) is 1. The lowest BCUT2D eigenvalue weighted by Gasteiger charge is -2.13. The van der Waals surface area contributed by atoms with Crippen LogP contribution in [0.4, 0.5) is 5.69 Å². The fourth-order valence-corrected chi connectivity index (χ4v) is 3.10. The molecule has 21 heavy (non-hydrogen) atoms. The molecule has 1 amide bonds. The van der Waals surface area contributed by atoms with Crippen LogP contribution in [-0.4, -0.2) is 40.1 Å². The van der Waals surface area contributed by atoms with Crippen LogP contribution in [0.3, 0.4) is 0 Å². The fraction of sp³-hybridized carbons (Fsp3) is 0.462. The Bertz CT molecular complexity index is 645. The standard InChI is InChI=1S/C13H19N3O4S/c1-8-3-4-9(5-12(8)21(14,18)19)16-13(17)11-6-10(20-2)7-15-11/h3-5,10-11,15H,6-7H2,1-2H3,(H,16,17)(H2,14,18,19). The minimum Gasteiger partial charge on any atom is -0.380 e. The van der Waals surface area contributed by atoms with Gasteiger partial charge in [0.15, 0.2) is 0 Å². The normalized spacial score (nSPS) is 22.2. The minimum absolute atomic E-state index is 0.00875. The third-order valence-corrected chi connectivity index (χ3v) is 4.56. The van der Waals surface area contributed by atoms with Gasteiger partial charge in [0.05, 0.1) is 17.0 Å². The number of nitrogens with one attached hydrogen (secondary N) is 2. The van der Waals surface area contributed by atoms with Gasteiger partial charge in [-0.3, -0.25) is 4.79 Å². The van der Waals surface area contributed by atoms with Crippen molar-refractivity contribution in [3.8, 4) is 0 Å². The maximum absolute atomic E-state index is 12.1. The molecule has 0 spiro atoms. The number of hydrogen-bond acceptors (Lipinski definition) is 5. The predicted molar refractivity (Wildman–Crippen MR) is 78.4 cm³/mol. The molecule has 1 aliphatic rings. The Balaban J connectivity index is 2.12. The lowest BCUT2D eigenvalue weighted by atomic mass is 10.1. The molecule has 2 unspecified atom stereocenters. The van der Waals surface area contributed by atoms with Crippen LogP contribution < -0.4 is 15.8 Å². The van der Waals surface area contributed by atoms with Crippen molar-refractivity contribution in [3.05, 3.63) is 23.8 Å². The van der Waals surface area contributed by atoms with Crippen LogP contribution in [0.2, 0.25) is 0 Å². The van der Waals surface area contributed by atoms with Crippen molar-refractivity contribution in [3.63, 3.8) is 0 Å². The Kier molecular flexibility index (Phi) is 4.62. The summed E-state index contributed by atoms with van der Waals surface area (Å²) < 4.78 is 28.1. The van der Waals surface area contributed by atoms with Gasteiger partial charge in [0.1, 0.15) is 0 Å². The number of nitrogens with two attached hydrogens (primary N) is 1. The number of carbonyl (C=O) groups excluding carboxylic acids is 1. The zero-order chi connectivity index (χ0) is 15.6. The van der Waals surface area contributed by atoms with Gasteiger partial charge in [0, 0.05) is 19.3 Å². The summed E-state index contributed by atoms with van der Waals surface area (Å²) in [6.07, 6.45) is 0.592. The van der Waals surface area contributed by atoms with E-state index in [1.807, 2.05) is 0 Å². The van der Waals surface area contributed by atoms with Crippen molar-refractivity contribution >= 4 is 21.6 Å². The molecule has 1 fully saturated rings. The van der Waals surface area contributed by atoms with Crippen molar-refractivity contribution in [2.24, 2.45) is 5.14 Å². The number of amides is 1. The summed E-state index contributed by atoms with van der Waals surface area (Å²) >= 11 is 0. The monoisotopic (exact) mass is 313 g/mol. The molecular formula is C13H19N3O4S. The smallest absolute Gasteiger partial charge is 0.241 e. The highest BCUT2D eigenvalue weighted by molar-refractivity contribution is 7.89. The van der Waals surface area contributed by atoms with Crippen molar-refractivity contribution < 1.29 is 17.9 Å². The average molecular weight is 313 g/mol. The molecule has 8 heteroatoms. The number of rotatable bonds is 4. The predicted octanol–water partition coefficient (Wildman–Crippen LogP) is -0.0422. The molecule has 0 saturated carbocycles. The maximum Gasteiger partial charge on any atom is 0.241 e. The Labute approximate surface area is 123 Å². The molecule has 0 radical (unpaired) electrons. The highest BCUT2D eigenvalue weighted by Gasteiger charge is 2.29. The van der Waals surface area contributed by atoms with Gasteiger partial charge in [0.2, 0.25) is 15.9 Å². The Morgan fingerprint density at radius 3 is 2.76 bits per heavy atom. The molecule has 0 bridgehead atoms. The van der Waals surface area contributed by atoms with E-state index in [9.17, 15) is 13.2 Å². The summed E-state index contributed by atoms with van der Waals surface area (Å²) in [7, 11) is -2.21. The number of anilines is 1. The molecule has 1 saturated heterocycles. The molecule has 116 valence electrons. The summed E-state index contributed by atoms with van der Waals surface area (Å²) in [6.45, 7) is 2.26. The number of methoxy groups -OCH3 is 1. The van der Waals surface area contributed by atoms with Gasteiger partial charge in [0.25, 0.3) is 0 Å². The van der Waals surface area contributed by atoms with Gasteiger partial charge in [-0.05, 0) is 31.0 Å². The highest BCUT2D eigenvalue weighted by Crippen LogP contribution is 2.20. The first-order valence-electron chi connectivity index (χ1n) is 6.51. The van der Waals surface area contributed by atoms with Crippen LogP contribution in [0.15, 0.2) is 23.1 Å². The third-order valence-electron chi connectivity index (χ3n) is 3.50. The number of primary sulfonamides is 1. The zero-order valence-electron chi connectivity index (χ0n) is 11.9. The van der Waals surface area contributed by atoms with E-state index in [4.69, 9.17) is 9.88 Å². The number of sulfonamides is 1. The maximum atomic E-state index is 12.1. The molecule has 1 heterocycles. The van der Waals surface area contributed by atoms with E-state index < -0.39 is 10.0 Å². The van der Waals surface area contributed by atoms with E-state index in [1.165, 1.54) is 6.07 Å². The van der Waals surface area contributed by atoms with E-state index in [2.05, 4.69) is 10.6 Å². The van der Waals surface area contributed by atoms with E-state index in [0.717, 1.165) is 0 Å². The second-order valence-corrected chi connectivity index (χ2v) is 6.60. The van der Waals surface area contributed by atoms with Gasteiger partial charge in [-0.25, -0.2) is 13.6 Å². The van der Waals surface area contributed by atoms with Crippen LogP contribution in [0.25, 0.3) is 0 Å². The molecule has 1 aliphatic heterocycles. The first-order chi connectivity index (χ1) is 9.81. The molecule has 2 rings (SSSR count). The third kappa shape index (κ3) is 3.79. The highest BCUT2D eigenvalue weighted by atomic mass is 32.2. The summed E-state index contributed by atoms with van der Waals surface area (Å²) in [4.78, 5) is 12.1. The van der Waals surface area contributed by atoms with Crippen LogP contribution in [0.1, 0.15) is 12.0 Å². The molecule has 0 aliphatic carbocycles. The number of benzene rings is 1. The first kappa shape index (κ1) is 15.9. The van der Waals surface area contributed by atoms with Gasteiger partial charge in [-0.15, -0.1) is 0 Å². The van der Waals surface area contributed by atoms with Crippen molar-refractivity contribution in [2.75, 3.05) is 19.0 Å². The van der Waals surface area contributed by atoms with E-state index >= 15 is 0 Å². The average Bonchev–Trinajstić information content (AvgIpc) is 2.88. The van der Waals surface area contributed by atoms with Crippen LogP contribution in [-0.2, 0) is 19.6 Å². The van der Waals surface area contributed by atoms with Crippen LogP contribution in [0, 0.1) is 6.92 Å². The summed E-state index contributed by atoms with van der Waals surface area (Å²) in [5.74, 6) is -0.223. The van der Waals surface area contributed by atoms with Crippen molar-refractivity contribution in [1.29, 1.82) is 0 Å². The second kappa shape index (κ2) is 6.10. The number of aryl methyl sites for hydroxylation is 1. The SMILES string of the molecule is COC1CNC(C(=O)Nc2ccc(C)c(S(N)(=O)=O)c2)C1. The summed E-state index contributed by atoms with van der Waals surface area (Å²) in [6, 6.07) is 4.26. The fourth-order valence-electron chi connectivity index (χ4n) is 2.30.